The summed E-state index contributed by atoms with van der Waals surface area (Å²) in [6, 6.07) is 5.10. The molecule has 1 spiro atoms. The molecule has 35 heavy (non-hydrogen) atoms. The highest BCUT2D eigenvalue weighted by Crippen LogP contribution is 2.53. The maximum Gasteiger partial charge on any atom is 0.317 e. The fourth-order valence-electron chi connectivity index (χ4n) is 6.62. The molecule has 9 heteroatoms. The van der Waals surface area contributed by atoms with Gasteiger partial charge in [-0.15, -0.1) is 11.3 Å². The third-order valence-electron chi connectivity index (χ3n) is 8.21. The van der Waals surface area contributed by atoms with Gasteiger partial charge in [-0.05, 0) is 77.1 Å². The highest BCUT2D eigenvalue weighted by atomic mass is 32.1. The van der Waals surface area contributed by atoms with Crippen molar-refractivity contribution in [2.45, 2.75) is 76.0 Å². The lowest BCUT2D eigenvalue weighted by atomic mass is 9.65. The maximum absolute atomic E-state index is 9.93. The molecule has 1 saturated heterocycles. The minimum Gasteiger partial charge on any atom is -0.459 e. The molecule has 5 heterocycles. The van der Waals surface area contributed by atoms with Crippen molar-refractivity contribution in [3.8, 4) is 23.6 Å². The number of nitriles is 1. The van der Waals surface area contributed by atoms with Crippen LogP contribution in [0, 0.1) is 11.3 Å². The Hall–Kier alpha value is -2.96. The lowest BCUT2D eigenvalue weighted by Crippen LogP contribution is -2.38. The largest absolute Gasteiger partial charge is 0.459 e. The molecule has 3 unspecified atom stereocenters. The Bertz CT molecular complexity index is 1300. The zero-order chi connectivity index (χ0) is 24.2. The van der Waals surface area contributed by atoms with E-state index >= 15 is 0 Å². The topological polar surface area (TPSA) is 106 Å². The Morgan fingerprint density at radius 3 is 2.91 bits per heavy atom. The first-order valence-corrected chi connectivity index (χ1v) is 13.4. The molecular formula is C26H31N7OS. The average Bonchev–Trinajstić information content (AvgIpc) is 3.56. The van der Waals surface area contributed by atoms with E-state index in [0.717, 1.165) is 68.7 Å². The molecule has 1 aliphatic carbocycles. The molecule has 0 aromatic carbocycles. The van der Waals surface area contributed by atoms with Crippen LogP contribution in [0.4, 0.5) is 5.00 Å². The summed E-state index contributed by atoms with van der Waals surface area (Å²) < 4.78 is 8.49. The van der Waals surface area contributed by atoms with Crippen molar-refractivity contribution in [2.75, 3.05) is 19.3 Å². The number of likely N-dealkylation sites (N-methyl/N-ethyl adjacent to an activating group) is 1. The summed E-state index contributed by atoms with van der Waals surface area (Å²) >= 11 is 1.59. The number of thiophene rings is 1. The van der Waals surface area contributed by atoms with E-state index in [4.69, 9.17) is 20.4 Å². The Morgan fingerprint density at radius 2 is 2.11 bits per heavy atom. The molecule has 3 aromatic heterocycles. The third-order valence-corrected chi connectivity index (χ3v) is 9.29. The molecule has 0 bridgehead atoms. The van der Waals surface area contributed by atoms with Gasteiger partial charge in [0.25, 0.3) is 0 Å². The molecule has 0 amide bonds. The van der Waals surface area contributed by atoms with Gasteiger partial charge in [0.2, 0.25) is 0 Å². The summed E-state index contributed by atoms with van der Waals surface area (Å²) in [7, 11) is 2.15. The number of likely N-dealkylation sites (tertiary alicyclic amines) is 1. The Balaban J connectivity index is 1.36. The second-order valence-corrected chi connectivity index (χ2v) is 11.3. The Labute approximate surface area is 209 Å². The van der Waals surface area contributed by atoms with Crippen LogP contribution in [0.2, 0.25) is 0 Å². The molecule has 3 aliphatic rings. The quantitative estimate of drug-likeness (QED) is 0.587. The van der Waals surface area contributed by atoms with Gasteiger partial charge >= 0.3 is 6.01 Å². The fraction of sp³-hybridized carbons (Fsp3) is 0.538. The number of anilines is 1. The van der Waals surface area contributed by atoms with E-state index in [0.29, 0.717) is 22.6 Å². The molecule has 0 saturated carbocycles. The minimum atomic E-state index is -0.204. The molecular weight excluding hydrogens is 458 g/mol. The van der Waals surface area contributed by atoms with E-state index < -0.39 is 0 Å². The number of nitrogen functional groups attached to an aromatic ring is 1. The number of rotatable bonds is 4. The van der Waals surface area contributed by atoms with Crippen LogP contribution in [0.3, 0.4) is 0 Å². The zero-order valence-electron chi connectivity index (χ0n) is 20.3. The van der Waals surface area contributed by atoms with E-state index in [-0.39, 0.29) is 11.5 Å². The van der Waals surface area contributed by atoms with E-state index in [9.17, 15) is 5.26 Å². The van der Waals surface area contributed by atoms with Gasteiger partial charge < -0.3 is 15.0 Å². The number of hydrogen-bond acceptors (Lipinski definition) is 8. The van der Waals surface area contributed by atoms with Gasteiger partial charge in [-0.1, -0.05) is 0 Å². The van der Waals surface area contributed by atoms with E-state index in [1.165, 1.54) is 17.0 Å². The lowest BCUT2D eigenvalue weighted by Gasteiger charge is -2.41. The van der Waals surface area contributed by atoms with E-state index in [2.05, 4.69) is 34.5 Å². The lowest BCUT2D eigenvalue weighted by molar-refractivity contribution is 0.112. The molecule has 1 fully saturated rings. The van der Waals surface area contributed by atoms with Crippen LogP contribution in [0.5, 0.6) is 6.01 Å². The SMILES string of the molecule is CC(Oc1nccc(-c2ncc3n2CCCC32CCCc3sc(N)c(C#N)c32)n1)C1CCCN1C. The number of fused-ring (bicyclic) bond motifs is 4. The second-order valence-electron chi connectivity index (χ2n) is 10.1. The van der Waals surface area contributed by atoms with Crippen LogP contribution < -0.4 is 10.5 Å². The van der Waals surface area contributed by atoms with Crippen molar-refractivity contribution in [3.05, 3.63) is 40.2 Å². The normalized spacial score (nSPS) is 24.7. The summed E-state index contributed by atoms with van der Waals surface area (Å²) in [5, 5.41) is 10.6. The van der Waals surface area contributed by atoms with Crippen molar-refractivity contribution in [3.63, 3.8) is 0 Å². The number of nitrogens with zero attached hydrogens (tertiary/aromatic N) is 6. The van der Waals surface area contributed by atoms with Gasteiger partial charge in [0.05, 0.1) is 5.56 Å². The summed E-state index contributed by atoms with van der Waals surface area (Å²) in [4.78, 5) is 17.6. The number of ether oxygens (including phenoxy) is 1. The Kier molecular flexibility index (Phi) is 5.53. The van der Waals surface area contributed by atoms with Crippen molar-refractivity contribution in [2.24, 2.45) is 0 Å². The minimum absolute atomic E-state index is 0.0179. The number of aromatic nitrogens is 4. The first-order chi connectivity index (χ1) is 17.0. The van der Waals surface area contributed by atoms with Crippen molar-refractivity contribution >= 4 is 16.3 Å². The number of imidazole rings is 1. The highest BCUT2D eigenvalue weighted by Gasteiger charge is 2.46. The molecule has 2 N–H and O–H groups in total. The number of nitrogens with two attached hydrogens (primary N) is 1. The molecule has 3 atom stereocenters. The molecule has 0 radical (unpaired) electrons. The summed E-state index contributed by atoms with van der Waals surface area (Å²) in [5.41, 5.74) is 9.86. The van der Waals surface area contributed by atoms with Gasteiger partial charge in [0.1, 0.15) is 22.9 Å². The van der Waals surface area contributed by atoms with Crippen LogP contribution in [0.25, 0.3) is 11.5 Å². The predicted octanol–water partition coefficient (Wildman–Crippen LogP) is 4.13. The summed E-state index contributed by atoms with van der Waals surface area (Å²) in [6.45, 7) is 4.09. The summed E-state index contributed by atoms with van der Waals surface area (Å²) in [6.07, 6.45) is 11.2. The van der Waals surface area contributed by atoms with Crippen LogP contribution in [-0.4, -0.2) is 50.2 Å². The van der Waals surface area contributed by atoms with Crippen LogP contribution in [-0.2, 0) is 18.4 Å². The smallest absolute Gasteiger partial charge is 0.317 e. The van der Waals surface area contributed by atoms with Gasteiger partial charge in [-0.2, -0.15) is 10.2 Å². The second kappa shape index (κ2) is 8.61. The monoisotopic (exact) mass is 489 g/mol. The average molecular weight is 490 g/mol. The van der Waals surface area contributed by atoms with E-state index in [1.807, 2.05) is 12.3 Å². The van der Waals surface area contributed by atoms with Gasteiger partial charge in [-0.3, -0.25) is 4.90 Å². The van der Waals surface area contributed by atoms with Gasteiger partial charge in [-0.25, -0.2) is 9.97 Å². The third kappa shape index (κ3) is 3.54. The van der Waals surface area contributed by atoms with Gasteiger partial charge in [0, 0.05) is 41.0 Å². The van der Waals surface area contributed by atoms with Gasteiger partial charge in [0.15, 0.2) is 5.82 Å². The van der Waals surface area contributed by atoms with Crippen LogP contribution in [0.15, 0.2) is 18.5 Å². The summed E-state index contributed by atoms with van der Waals surface area (Å²) in [5.74, 6) is 0.839. The van der Waals surface area contributed by atoms with Crippen molar-refractivity contribution in [1.29, 1.82) is 5.26 Å². The fourth-order valence-corrected chi connectivity index (χ4v) is 7.79. The highest BCUT2D eigenvalue weighted by molar-refractivity contribution is 7.16. The molecule has 6 rings (SSSR count). The predicted molar refractivity (Wildman–Crippen MR) is 135 cm³/mol. The standard InChI is InChI=1S/C26H31N7OS/c1-16(19-6-4-12-32(19)2)34-25-29-11-8-18(31-25)24-30-15-21-26(10-5-13-33(21)24)9-3-7-20-22(26)17(14-27)23(28)35-20/h8,11,15-16,19H,3-7,9-10,12-13,28H2,1-2H3. The first kappa shape index (κ1) is 22.5. The maximum atomic E-state index is 9.93. The van der Waals surface area contributed by atoms with Crippen LogP contribution in [0.1, 0.15) is 67.1 Å². The number of aryl methyl sites for hydroxylation is 1. The van der Waals surface area contributed by atoms with Crippen molar-refractivity contribution < 1.29 is 4.74 Å². The van der Waals surface area contributed by atoms with Crippen molar-refractivity contribution in [1.82, 2.24) is 24.4 Å². The zero-order valence-corrected chi connectivity index (χ0v) is 21.1. The molecule has 3 aromatic rings. The molecule has 8 nitrogen and oxygen atoms in total. The van der Waals surface area contributed by atoms with E-state index in [1.54, 1.807) is 17.5 Å². The number of hydrogen-bond donors (Lipinski definition) is 1. The molecule has 182 valence electrons. The first-order valence-electron chi connectivity index (χ1n) is 12.6. The molecule has 2 aliphatic heterocycles. The van der Waals surface area contributed by atoms with Crippen LogP contribution >= 0.6 is 11.3 Å². The Morgan fingerprint density at radius 1 is 1.26 bits per heavy atom.